The van der Waals surface area contributed by atoms with Gasteiger partial charge in [-0.3, -0.25) is 0 Å². The van der Waals surface area contributed by atoms with Crippen molar-refractivity contribution in [3.05, 3.63) is 28.8 Å². The minimum atomic E-state index is 0.445. The molecule has 1 aliphatic heterocycles. The van der Waals surface area contributed by atoms with Crippen LogP contribution in [0.5, 0.6) is 5.75 Å². The Bertz CT molecular complexity index is 534. The van der Waals surface area contributed by atoms with Gasteiger partial charge < -0.3 is 10.1 Å². The third-order valence-electron chi connectivity index (χ3n) is 6.20. The largest absolute Gasteiger partial charge is 0.497 e. The van der Waals surface area contributed by atoms with Gasteiger partial charge in [0, 0.05) is 11.5 Å². The number of nitrogens with one attached hydrogen (secondary N) is 1. The van der Waals surface area contributed by atoms with Crippen molar-refractivity contribution in [2.45, 2.75) is 56.9 Å². The third-order valence-corrected chi connectivity index (χ3v) is 6.20. The van der Waals surface area contributed by atoms with Crippen LogP contribution in [0, 0.1) is 12.8 Å². The summed E-state index contributed by atoms with van der Waals surface area (Å²) >= 11 is 0. The fourth-order valence-electron chi connectivity index (χ4n) is 5.31. The second kappa shape index (κ2) is 4.49. The predicted molar refractivity (Wildman–Crippen MR) is 81.5 cm³/mol. The van der Waals surface area contributed by atoms with Crippen LogP contribution in [0.15, 0.2) is 12.1 Å². The lowest BCUT2D eigenvalue weighted by atomic mass is 9.52. The van der Waals surface area contributed by atoms with Crippen LogP contribution in [0.4, 0.5) is 0 Å². The molecule has 1 unspecified atom stereocenters. The summed E-state index contributed by atoms with van der Waals surface area (Å²) < 4.78 is 5.56. The second-order valence-electron chi connectivity index (χ2n) is 6.99. The van der Waals surface area contributed by atoms with Gasteiger partial charge in [0.05, 0.1) is 7.11 Å². The molecule has 1 saturated carbocycles. The molecule has 20 heavy (non-hydrogen) atoms. The lowest BCUT2D eigenvalue weighted by Crippen LogP contribution is -2.59. The van der Waals surface area contributed by atoms with Crippen LogP contribution < -0.4 is 10.1 Å². The van der Waals surface area contributed by atoms with Crippen LogP contribution in [0.2, 0.25) is 0 Å². The van der Waals surface area contributed by atoms with E-state index < -0.39 is 0 Å². The molecule has 2 bridgehead atoms. The van der Waals surface area contributed by atoms with Crippen molar-refractivity contribution in [3.8, 4) is 5.75 Å². The maximum Gasteiger partial charge on any atom is 0.119 e. The van der Waals surface area contributed by atoms with E-state index in [4.69, 9.17) is 4.74 Å². The summed E-state index contributed by atoms with van der Waals surface area (Å²) in [4.78, 5) is 0. The molecule has 1 N–H and O–H groups in total. The number of hydrogen-bond acceptors (Lipinski definition) is 2. The number of methoxy groups -OCH3 is 1. The molecule has 3 aliphatic rings. The molecule has 1 aromatic rings. The molecule has 0 amide bonds. The fraction of sp³-hybridized carbons (Fsp3) is 0.667. The Labute approximate surface area is 121 Å². The van der Waals surface area contributed by atoms with E-state index in [1.807, 2.05) is 0 Å². The highest BCUT2D eigenvalue weighted by atomic mass is 16.5. The number of aryl methyl sites for hydroxylation is 1. The third kappa shape index (κ3) is 1.60. The average molecular weight is 271 g/mol. The van der Waals surface area contributed by atoms with E-state index in [1.165, 1.54) is 50.6 Å². The minimum Gasteiger partial charge on any atom is -0.497 e. The number of piperidine rings is 1. The van der Waals surface area contributed by atoms with Crippen LogP contribution in [-0.4, -0.2) is 19.7 Å². The van der Waals surface area contributed by atoms with Crippen LogP contribution >= 0.6 is 0 Å². The molecule has 2 fully saturated rings. The van der Waals surface area contributed by atoms with Gasteiger partial charge in [-0.15, -0.1) is 0 Å². The summed E-state index contributed by atoms with van der Waals surface area (Å²) in [6.45, 7) is 3.45. The topological polar surface area (TPSA) is 21.3 Å². The molecule has 2 heteroatoms. The van der Waals surface area contributed by atoms with Crippen molar-refractivity contribution in [3.63, 3.8) is 0 Å². The quantitative estimate of drug-likeness (QED) is 0.846. The molecule has 2 aliphatic carbocycles. The first kappa shape index (κ1) is 12.7. The lowest BCUT2D eigenvalue weighted by molar-refractivity contribution is 0.0793. The SMILES string of the molecule is COc1cc(C)c2c(c1)[C@@]13CCCCC1[C@@H](C2)NCC3. The van der Waals surface area contributed by atoms with E-state index in [0.29, 0.717) is 11.5 Å². The number of ether oxygens (including phenoxy) is 1. The molecule has 1 heterocycles. The van der Waals surface area contributed by atoms with Crippen LogP contribution in [0.25, 0.3) is 0 Å². The zero-order chi connectivity index (χ0) is 13.7. The molecule has 0 aromatic heterocycles. The van der Waals surface area contributed by atoms with E-state index in [9.17, 15) is 0 Å². The van der Waals surface area contributed by atoms with Crippen molar-refractivity contribution in [1.82, 2.24) is 5.32 Å². The molecular weight excluding hydrogens is 246 g/mol. The van der Waals surface area contributed by atoms with Gasteiger partial charge in [-0.05, 0) is 73.9 Å². The van der Waals surface area contributed by atoms with Crippen molar-refractivity contribution in [2.75, 3.05) is 13.7 Å². The van der Waals surface area contributed by atoms with Gasteiger partial charge in [-0.1, -0.05) is 12.8 Å². The van der Waals surface area contributed by atoms with Crippen molar-refractivity contribution < 1.29 is 4.74 Å². The van der Waals surface area contributed by atoms with Crippen molar-refractivity contribution in [1.29, 1.82) is 0 Å². The Morgan fingerprint density at radius 3 is 3.00 bits per heavy atom. The Kier molecular flexibility index (Phi) is 2.85. The first-order valence-corrected chi connectivity index (χ1v) is 8.16. The van der Waals surface area contributed by atoms with Gasteiger partial charge in [-0.2, -0.15) is 0 Å². The van der Waals surface area contributed by atoms with E-state index in [1.54, 1.807) is 18.2 Å². The molecule has 4 rings (SSSR count). The highest BCUT2D eigenvalue weighted by Crippen LogP contribution is 2.54. The van der Waals surface area contributed by atoms with E-state index in [0.717, 1.165) is 11.7 Å². The Hall–Kier alpha value is -1.02. The van der Waals surface area contributed by atoms with Gasteiger partial charge in [0.2, 0.25) is 0 Å². The smallest absolute Gasteiger partial charge is 0.119 e. The molecular formula is C18H25NO. The normalized spacial score (nSPS) is 35.1. The summed E-state index contributed by atoms with van der Waals surface area (Å²) in [7, 11) is 1.80. The lowest BCUT2D eigenvalue weighted by Gasteiger charge is -2.56. The first-order chi connectivity index (χ1) is 9.74. The maximum absolute atomic E-state index is 5.56. The van der Waals surface area contributed by atoms with E-state index in [2.05, 4.69) is 24.4 Å². The van der Waals surface area contributed by atoms with E-state index >= 15 is 0 Å². The van der Waals surface area contributed by atoms with Gasteiger partial charge in [-0.25, -0.2) is 0 Å². The summed E-state index contributed by atoms with van der Waals surface area (Å²) in [6.07, 6.45) is 8.15. The Balaban J connectivity index is 1.92. The zero-order valence-electron chi connectivity index (χ0n) is 12.7. The summed E-state index contributed by atoms with van der Waals surface area (Å²) in [5, 5.41) is 3.81. The molecule has 1 aromatic carbocycles. The van der Waals surface area contributed by atoms with Gasteiger partial charge in [0.25, 0.3) is 0 Å². The molecule has 0 radical (unpaired) electrons. The number of fused-ring (bicyclic) bond motifs is 1. The van der Waals surface area contributed by atoms with Gasteiger partial charge >= 0.3 is 0 Å². The number of rotatable bonds is 1. The molecule has 0 spiro atoms. The second-order valence-corrected chi connectivity index (χ2v) is 6.99. The molecule has 108 valence electrons. The summed E-state index contributed by atoms with van der Waals surface area (Å²) in [5.74, 6) is 1.90. The molecule has 3 atom stereocenters. The van der Waals surface area contributed by atoms with Crippen LogP contribution in [-0.2, 0) is 11.8 Å². The minimum absolute atomic E-state index is 0.445. The first-order valence-electron chi connectivity index (χ1n) is 8.16. The van der Waals surface area contributed by atoms with Crippen molar-refractivity contribution in [2.24, 2.45) is 5.92 Å². The molecule has 2 nitrogen and oxygen atoms in total. The zero-order valence-corrected chi connectivity index (χ0v) is 12.7. The average Bonchev–Trinajstić information content (AvgIpc) is 2.48. The number of hydrogen-bond donors (Lipinski definition) is 1. The van der Waals surface area contributed by atoms with Crippen LogP contribution in [0.1, 0.15) is 48.8 Å². The Morgan fingerprint density at radius 2 is 2.15 bits per heavy atom. The molecule has 1 saturated heterocycles. The van der Waals surface area contributed by atoms with E-state index in [-0.39, 0.29) is 0 Å². The highest BCUT2D eigenvalue weighted by Gasteiger charge is 2.51. The standard InChI is InChI=1S/C18H25NO/c1-12-9-13(20-2)10-16-14(12)11-17-15-5-3-4-6-18(15,16)7-8-19-17/h9-10,15,17,19H,3-8,11H2,1-2H3/t15?,17-,18-/m1/s1. The predicted octanol–water partition coefficient (Wildman–Crippen LogP) is 3.35. The fourth-order valence-corrected chi connectivity index (χ4v) is 5.31. The number of benzene rings is 1. The monoisotopic (exact) mass is 271 g/mol. The Morgan fingerprint density at radius 1 is 1.25 bits per heavy atom. The van der Waals surface area contributed by atoms with Gasteiger partial charge in [0.1, 0.15) is 5.75 Å². The summed E-state index contributed by atoms with van der Waals surface area (Å²) in [6, 6.07) is 5.29. The van der Waals surface area contributed by atoms with Crippen LogP contribution in [0.3, 0.4) is 0 Å². The highest BCUT2D eigenvalue weighted by molar-refractivity contribution is 5.49. The van der Waals surface area contributed by atoms with Crippen molar-refractivity contribution >= 4 is 0 Å². The van der Waals surface area contributed by atoms with Gasteiger partial charge in [0.15, 0.2) is 0 Å². The summed E-state index contributed by atoms with van der Waals surface area (Å²) in [5.41, 5.74) is 5.12. The maximum atomic E-state index is 5.56.